The fraction of sp³-hybridized carbons (Fsp3) is 0.533. The highest BCUT2D eigenvalue weighted by Gasteiger charge is 2.25. The molecule has 2 rings (SSSR count). The van der Waals surface area contributed by atoms with E-state index < -0.39 is 5.97 Å². The number of aliphatic carboxylic acids is 1. The molecule has 1 aliphatic heterocycles. The molecule has 0 radical (unpaired) electrons. The molecule has 110 valence electrons. The van der Waals surface area contributed by atoms with Gasteiger partial charge in [0.15, 0.2) is 0 Å². The van der Waals surface area contributed by atoms with Crippen LogP contribution in [0.1, 0.15) is 31.4 Å². The summed E-state index contributed by atoms with van der Waals surface area (Å²) in [4.78, 5) is 12.8. The van der Waals surface area contributed by atoms with Gasteiger partial charge in [-0.1, -0.05) is 29.8 Å². The molecule has 0 spiro atoms. The van der Waals surface area contributed by atoms with Crippen LogP contribution in [-0.4, -0.2) is 41.8 Å². The maximum atomic E-state index is 10.5. The van der Waals surface area contributed by atoms with E-state index in [1.807, 2.05) is 18.2 Å². The molecule has 1 N–H and O–H groups in total. The summed E-state index contributed by atoms with van der Waals surface area (Å²) >= 11 is 6.23. The van der Waals surface area contributed by atoms with Crippen LogP contribution in [0.25, 0.3) is 0 Å². The minimum Gasteiger partial charge on any atom is -0.480 e. The lowest BCUT2D eigenvalue weighted by Gasteiger charge is -2.36. The quantitative estimate of drug-likeness (QED) is 0.908. The van der Waals surface area contributed by atoms with E-state index in [1.54, 1.807) is 0 Å². The summed E-state index contributed by atoms with van der Waals surface area (Å²) in [5.41, 5.74) is 1.14. The number of carboxylic acids is 1. The van der Waals surface area contributed by atoms with E-state index >= 15 is 0 Å². The first-order valence-electron chi connectivity index (χ1n) is 6.90. The smallest absolute Gasteiger partial charge is 0.329 e. The zero-order valence-corrected chi connectivity index (χ0v) is 12.3. The molecule has 1 aromatic carbocycles. The molecule has 5 heteroatoms. The average Bonchev–Trinajstić information content (AvgIpc) is 2.45. The van der Waals surface area contributed by atoms with Crippen molar-refractivity contribution in [1.29, 1.82) is 0 Å². The van der Waals surface area contributed by atoms with E-state index in [0.717, 1.165) is 36.5 Å². The number of nitrogens with zero attached hydrogens (tertiary/aromatic N) is 1. The van der Waals surface area contributed by atoms with Crippen LogP contribution in [0, 0.1) is 0 Å². The van der Waals surface area contributed by atoms with Crippen molar-refractivity contribution in [3.63, 3.8) is 0 Å². The van der Waals surface area contributed by atoms with Gasteiger partial charge >= 0.3 is 5.97 Å². The Kier molecular flexibility index (Phi) is 5.40. The van der Waals surface area contributed by atoms with Crippen molar-refractivity contribution < 1.29 is 14.6 Å². The predicted octanol–water partition coefficient (Wildman–Crippen LogP) is 2.97. The Morgan fingerprint density at radius 1 is 1.45 bits per heavy atom. The molecule has 0 saturated carbocycles. The van der Waals surface area contributed by atoms with Gasteiger partial charge < -0.3 is 9.84 Å². The highest BCUT2D eigenvalue weighted by Crippen LogP contribution is 2.29. The SMILES string of the molecule is CC(c1ccccc1Cl)N1CCC(OCC(=O)O)CC1. The average molecular weight is 298 g/mol. The molecule has 1 fully saturated rings. The molecule has 1 atom stereocenters. The molecule has 0 amide bonds. The number of halogens is 1. The number of ether oxygens (including phenoxy) is 1. The standard InChI is InChI=1S/C15H20ClNO3/c1-11(13-4-2-3-5-14(13)16)17-8-6-12(7-9-17)20-10-15(18)19/h2-5,11-12H,6-10H2,1H3,(H,18,19). The van der Waals surface area contributed by atoms with Crippen LogP contribution >= 0.6 is 11.6 Å². The van der Waals surface area contributed by atoms with Gasteiger partial charge in [0.2, 0.25) is 0 Å². The number of benzene rings is 1. The zero-order chi connectivity index (χ0) is 14.5. The molecule has 0 bridgehead atoms. The molecule has 0 aliphatic carbocycles. The fourth-order valence-corrected chi connectivity index (χ4v) is 2.92. The van der Waals surface area contributed by atoms with Gasteiger partial charge in [-0.3, -0.25) is 4.90 Å². The summed E-state index contributed by atoms with van der Waals surface area (Å²) in [6, 6.07) is 8.17. The van der Waals surface area contributed by atoms with Crippen LogP contribution < -0.4 is 0 Å². The summed E-state index contributed by atoms with van der Waals surface area (Å²) in [7, 11) is 0. The monoisotopic (exact) mass is 297 g/mol. The molecular formula is C15H20ClNO3. The molecular weight excluding hydrogens is 278 g/mol. The molecule has 20 heavy (non-hydrogen) atoms. The van der Waals surface area contributed by atoms with Gasteiger partial charge in [0.25, 0.3) is 0 Å². The van der Waals surface area contributed by atoms with Crippen LogP contribution in [0.4, 0.5) is 0 Å². The summed E-state index contributed by atoms with van der Waals surface area (Å²) < 4.78 is 5.35. The zero-order valence-electron chi connectivity index (χ0n) is 11.6. The van der Waals surface area contributed by atoms with E-state index in [1.165, 1.54) is 0 Å². The van der Waals surface area contributed by atoms with Crippen LogP contribution in [0.3, 0.4) is 0 Å². The van der Waals surface area contributed by atoms with Crippen LogP contribution in [-0.2, 0) is 9.53 Å². The van der Waals surface area contributed by atoms with E-state index in [9.17, 15) is 4.79 Å². The van der Waals surface area contributed by atoms with E-state index in [0.29, 0.717) is 0 Å². The Balaban J connectivity index is 1.87. The van der Waals surface area contributed by atoms with Gasteiger partial charge in [-0.25, -0.2) is 4.79 Å². The van der Waals surface area contributed by atoms with Crippen molar-refractivity contribution in [2.75, 3.05) is 19.7 Å². The second kappa shape index (κ2) is 7.07. The van der Waals surface area contributed by atoms with Gasteiger partial charge in [-0.2, -0.15) is 0 Å². The number of carboxylic acid groups (broad SMARTS) is 1. The number of likely N-dealkylation sites (tertiary alicyclic amines) is 1. The van der Waals surface area contributed by atoms with Crippen molar-refractivity contribution in [3.8, 4) is 0 Å². The summed E-state index contributed by atoms with van der Waals surface area (Å²) in [6.45, 7) is 3.75. The number of hydrogen-bond donors (Lipinski definition) is 1. The molecule has 1 aliphatic rings. The normalized spacial score (nSPS) is 18.9. The Hall–Kier alpha value is -1.10. The van der Waals surface area contributed by atoms with Gasteiger partial charge in [0, 0.05) is 24.2 Å². The lowest BCUT2D eigenvalue weighted by molar-refractivity contribution is -0.145. The first-order valence-corrected chi connectivity index (χ1v) is 7.27. The van der Waals surface area contributed by atoms with E-state index in [-0.39, 0.29) is 18.8 Å². The minimum atomic E-state index is -0.906. The predicted molar refractivity (Wildman–Crippen MR) is 78.0 cm³/mol. The lowest BCUT2D eigenvalue weighted by atomic mass is 10.0. The van der Waals surface area contributed by atoms with Crippen LogP contribution in [0.15, 0.2) is 24.3 Å². The van der Waals surface area contributed by atoms with Gasteiger partial charge in [0.05, 0.1) is 6.10 Å². The maximum absolute atomic E-state index is 10.5. The molecule has 0 aromatic heterocycles. The van der Waals surface area contributed by atoms with Gasteiger partial charge in [-0.15, -0.1) is 0 Å². The molecule has 1 unspecified atom stereocenters. The van der Waals surface area contributed by atoms with E-state index in [4.69, 9.17) is 21.4 Å². The van der Waals surface area contributed by atoms with Crippen molar-refractivity contribution in [2.45, 2.75) is 31.9 Å². The Morgan fingerprint density at radius 2 is 2.10 bits per heavy atom. The summed E-state index contributed by atoms with van der Waals surface area (Å²) in [6.07, 6.45) is 1.78. The van der Waals surface area contributed by atoms with Gasteiger partial charge in [0.1, 0.15) is 6.61 Å². The highest BCUT2D eigenvalue weighted by atomic mass is 35.5. The number of rotatable bonds is 5. The second-order valence-corrected chi connectivity index (χ2v) is 5.54. The first-order chi connectivity index (χ1) is 9.58. The molecule has 1 aromatic rings. The number of hydrogen-bond acceptors (Lipinski definition) is 3. The topological polar surface area (TPSA) is 49.8 Å². The van der Waals surface area contributed by atoms with Crippen molar-refractivity contribution in [2.24, 2.45) is 0 Å². The van der Waals surface area contributed by atoms with Crippen molar-refractivity contribution in [1.82, 2.24) is 4.90 Å². The fourth-order valence-electron chi connectivity index (χ4n) is 2.63. The molecule has 1 heterocycles. The number of piperidine rings is 1. The first kappa shape index (κ1) is 15.3. The Labute approximate surface area is 124 Å². The largest absolute Gasteiger partial charge is 0.480 e. The molecule has 4 nitrogen and oxygen atoms in total. The maximum Gasteiger partial charge on any atom is 0.329 e. The Morgan fingerprint density at radius 3 is 2.70 bits per heavy atom. The second-order valence-electron chi connectivity index (χ2n) is 5.14. The van der Waals surface area contributed by atoms with E-state index in [2.05, 4.69) is 17.9 Å². The summed E-state index contributed by atoms with van der Waals surface area (Å²) in [5.74, 6) is -0.906. The summed E-state index contributed by atoms with van der Waals surface area (Å²) in [5, 5.41) is 9.41. The van der Waals surface area contributed by atoms with Crippen LogP contribution in [0.5, 0.6) is 0 Å². The third-order valence-corrected chi connectivity index (χ3v) is 4.17. The van der Waals surface area contributed by atoms with Gasteiger partial charge in [-0.05, 0) is 31.4 Å². The van der Waals surface area contributed by atoms with Crippen molar-refractivity contribution in [3.05, 3.63) is 34.9 Å². The molecule has 1 saturated heterocycles. The lowest BCUT2D eigenvalue weighted by Crippen LogP contribution is -2.39. The van der Waals surface area contributed by atoms with Crippen molar-refractivity contribution >= 4 is 17.6 Å². The third-order valence-electron chi connectivity index (χ3n) is 3.82. The third kappa shape index (κ3) is 3.95. The number of carbonyl (C=O) groups is 1. The van der Waals surface area contributed by atoms with Crippen LogP contribution in [0.2, 0.25) is 5.02 Å². The Bertz CT molecular complexity index is 458. The minimum absolute atomic E-state index is 0.0563. The highest BCUT2D eigenvalue weighted by molar-refractivity contribution is 6.31.